The predicted octanol–water partition coefficient (Wildman–Crippen LogP) is 2.91. The Hall–Kier alpha value is -2.38. The Morgan fingerprint density at radius 2 is 1.79 bits per heavy atom. The van der Waals surface area contributed by atoms with Gasteiger partial charge in [0.1, 0.15) is 5.54 Å². The molecular formula is C21H23ClN2O4S. The Bertz CT molecular complexity index is 1010. The summed E-state index contributed by atoms with van der Waals surface area (Å²) in [5.41, 5.74) is 0.360. The minimum atomic E-state index is -3.91. The van der Waals surface area contributed by atoms with Crippen LogP contribution in [0.5, 0.6) is 0 Å². The maximum Gasteiger partial charge on any atom is 0.259 e. The average Bonchev–Trinajstić information content (AvgIpc) is 2.65. The number of rotatable bonds is 7. The molecule has 1 aliphatic rings. The number of likely N-dealkylation sites (tertiary alicyclic amines) is 1. The number of sulfonamides is 1. The standard InChI is InChI=1S/C21H23ClN2O4S/c1-21(12-13-24(21)19(25)11-10-16-6-3-2-4-7-16)20(26)23-29(27,28)15-17-8-5-9-18(22)14-17/h2-9,14H,10-13,15H2,1H3,(H,23,26). The summed E-state index contributed by atoms with van der Waals surface area (Å²) in [5.74, 6) is -1.21. The molecule has 29 heavy (non-hydrogen) atoms. The Morgan fingerprint density at radius 1 is 1.10 bits per heavy atom. The summed E-state index contributed by atoms with van der Waals surface area (Å²) in [7, 11) is -3.91. The number of hydrogen-bond acceptors (Lipinski definition) is 4. The van der Waals surface area contributed by atoms with E-state index in [-0.39, 0.29) is 18.1 Å². The first kappa shape index (κ1) is 21.3. The molecule has 8 heteroatoms. The summed E-state index contributed by atoms with van der Waals surface area (Å²) in [4.78, 5) is 26.8. The largest absolute Gasteiger partial charge is 0.328 e. The molecule has 1 atom stereocenters. The number of nitrogens with one attached hydrogen (secondary N) is 1. The molecule has 1 N–H and O–H groups in total. The second-order valence-corrected chi connectivity index (χ2v) is 9.53. The Morgan fingerprint density at radius 3 is 2.41 bits per heavy atom. The Kier molecular flexibility index (Phi) is 6.29. The topological polar surface area (TPSA) is 83.6 Å². The summed E-state index contributed by atoms with van der Waals surface area (Å²) in [6, 6.07) is 16.1. The number of carbonyl (C=O) groups is 2. The first-order valence-electron chi connectivity index (χ1n) is 9.33. The summed E-state index contributed by atoms with van der Waals surface area (Å²) in [5, 5.41) is 0.421. The SMILES string of the molecule is CC1(C(=O)NS(=O)(=O)Cc2cccc(Cl)c2)CCN1C(=O)CCc1ccccc1. The summed E-state index contributed by atoms with van der Waals surface area (Å²) in [6.07, 6.45) is 1.26. The van der Waals surface area contributed by atoms with Crippen LogP contribution in [-0.4, -0.2) is 37.2 Å². The molecule has 2 aromatic carbocycles. The van der Waals surface area contributed by atoms with E-state index in [1.807, 2.05) is 30.3 Å². The predicted molar refractivity (Wildman–Crippen MR) is 112 cm³/mol. The van der Waals surface area contributed by atoms with E-state index in [4.69, 9.17) is 11.6 Å². The van der Waals surface area contributed by atoms with Gasteiger partial charge >= 0.3 is 0 Å². The van der Waals surface area contributed by atoms with E-state index in [9.17, 15) is 18.0 Å². The van der Waals surface area contributed by atoms with Gasteiger partial charge in [0, 0.05) is 18.0 Å². The number of nitrogens with zero attached hydrogens (tertiary/aromatic N) is 1. The van der Waals surface area contributed by atoms with Crippen molar-refractivity contribution in [1.29, 1.82) is 0 Å². The van der Waals surface area contributed by atoms with Crippen LogP contribution in [0.4, 0.5) is 0 Å². The van der Waals surface area contributed by atoms with Crippen molar-refractivity contribution in [3.63, 3.8) is 0 Å². The molecule has 1 saturated heterocycles. The number of halogens is 1. The third-order valence-corrected chi connectivity index (χ3v) is 6.62. The molecule has 1 unspecified atom stereocenters. The summed E-state index contributed by atoms with van der Waals surface area (Å²) in [6.45, 7) is 2.03. The van der Waals surface area contributed by atoms with Crippen LogP contribution >= 0.6 is 11.6 Å². The maximum absolute atomic E-state index is 12.7. The first-order chi connectivity index (χ1) is 13.7. The average molecular weight is 435 g/mol. The van der Waals surface area contributed by atoms with Gasteiger partial charge in [-0.2, -0.15) is 0 Å². The van der Waals surface area contributed by atoms with Crippen LogP contribution in [0.25, 0.3) is 0 Å². The highest BCUT2D eigenvalue weighted by molar-refractivity contribution is 7.89. The molecule has 1 heterocycles. The molecule has 0 aliphatic carbocycles. The molecule has 2 amide bonds. The maximum atomic E-state index is 12.7. The zero-order valence-electron chi connectivity index (χ0n) is 16.1. The number of benzene rings is 2. The quantitative estimate of drug-likeness (QED) is 0.726. The van der Waals surface area contributed by atoms with Crippen LogP contribution in [0.3, 0.4) is 0 Å². The summed E-state index contributed by atoms with van der Waals surface area (Å²) < 4.78 is 27.0. The van der Waals surface area contributed by atoms with Crippen LogP contribution in [0.2, 0.25) is 5.02 Å². The third-order valence-electron chi connectivity index (χ3n) is 5.17. The smallest absolute Gasteiger partial charge is 0.259 e. The third kappa shape index (κ3) is 5.16. The van der Waals surface area contributed by atoms with Gasteiger partial charge in [0.15, 0.2) is 0 Å². The molecule has 1 aliphatic heterocycles. The van der Waals surface area contributed by atoms with Gasteiger partial charge in [-0.1, -0.05) is 54.1 Å². The second kappa shape index (κ2) is 8.55. The highest BCUT2D eigenvalue weighted by Gasteiger charge is 2.50. The molecule has 154 valence electrons. The van der Waals surface area contributed by atoms with Crippen molar-refractivity contribution >= 4 is 33.4 Å². The minimum Gasteiger partial charge on any atom is -0.328 e. The van der Waals surface area contributed by atoms with Crippen molar-refractivity contribution in [3.8, 4) is 0 Å². The van der Waals surface area contributed by atoms with Gasteiger partial charge in [0.05, 0.1) is 5.75 Å². The molecule has 0 aromatic heterocycles. The molecule has 1 fully saturated rings. The monoisotopic (exact) mass is 434 g/mol. The molecule has 0 saturated carbocycles. The van der Waals surface area contributed by atoms with E-state index in [0.29, 0.717) is 30.0 Å². The van der Waals surface area contributed by atoms with Crippen molar-refractivity contribution < 1.29 is 18.0 Å². The summed E-state index contributed by atoms with van der Waals surface area (Å²) >= 11 is 5.89. The fraction of sp³-hybridized carbons (Fsp3) is 0.333. The lowest BCUT2D eigenvalue weighted by Gasteiger charge is -2.49. The van der Waals surface area contributed by atoms with Crippen molar-refractivity contribution in [2.45, 2.75) is 37.5 Å². The van der Waals surface area contributed by atoms with E-state index < -0.39 is 21.5 Å². The molecule has 6 nitrogen and oxygen atoms in total. The Labute approximate surface area is 175 Å². The van der Waals surface area contributed by atoms with Crippen molar-refractivity contribution in [3.05, 3.63) is 70.7 Å². The van der Waals surface area contributed by atoms with Crippen LogP contribution in [0, 0.1) is 0 Å². The zero-order valence-corrected chi connectivity index (χ0v) is 17.7. The number of carbonyl (C=O) groups excluding carboxylic acids is 2. The lowest BCUT2D eigenvalue weighted by Crippen LogP contribution is -2.67. The molecule has 2 aromatic rings. The fourth-order valence-electron chi connectivity index (χ4n) is 3.36. The lowest BCUT2D eigenvalue weighted by atomic mass is 9.85. The van der Waals surface area contributed by atoms with E-state index >= 15 is 0 Å². The zero-order chi connectivity index (χ0) is 21.1. The lowest BCUT2D eigenvalue weighted by molar-refractivity contribution is -0.156. The highest BCUT2D eigenvalue weighted by atomic mass is 35.5. The van der Waals surface area contributed by atoms with E-state index in [0.717, 1.165) is 5.56 Å². The molecule has 0 spiro atoms. The second-order valence-electron chi connectivity index (χ2n) is 7.38. The van der Waals surface area contributed by atoms with Crippen molar-refractivity contribution in [2.75, 3.05) is 6.54 Å². The van der Waals surface area contributed by atoms with Gasteiger partial charge in [-0.05, 0) is 43.0 Å². The van der Waals surface area contributed by atoms with Crippen molar-refractivity contribution in [1.82, 2.24) is 9.62 Å². The minimum absolute atomic E-state index is 0.162. The Balaban J connectivity index is 1.61. The van der Waals surface area contributed by atoms with E-state index in [1.54, 1.807) is 25.1 Å². The molecule has 3 rings (SSSR count). The fourth-order valence-corrected chi connectivity index (χ4v) is 4.77. The van der Waals surface area contributed by atoms with Gasteiger partial charge in [0.25, 0.3) is 5.91 Å². The number of hydrogen-bond donors (Lipinski definition) is 1. The number of aryl methyl sites for hydroxylation is 1. The molecular weight excluding hydrogens is 412 g/mol. The van der Waals surface area contributed by atoms with Crippen LogP contribution < -0.4 is 4.72 Å². The van der Waals surface area contributed by atoms with Gasteiger partial charge in [-0.25, -0.2) is 8.42 Å². The normalized spacial score (nSPS) is 18.8. The number of amides is 2. The van der Waals surface area contributed by atoms with Crippen LogP contribution in [0.15, 0.2) is 54.6 Å². The van der Waals surface area contributed by atoms with Crippen molar-refractivity contribution in [2.24, 2.45) is 0 Å². The molecule has 0 bridgehead atoms. The van der Waals surface area contributed by atoms with Gasteiger partial charge in [-0.15, -0.1) is 0 Å². The van der Waals surface area contributed by atoms with E-state index in [2.05, 4.69) is 4.72 Å². The highest BCUT2D eigenvalue weighted by Crippen LogP contribution is 2.32. The molecule has 0 radical (unpaired) electrons. The van der Waals surface area contributed by atoms with E-state index in [1.165, 1.54) is 11.0 Å². The van der Waals surface area contributed by atoms with Crippen LogP contribution in [0.1, 0.15) is 30.9 Å². The van der Waals surface area contributed by atoms with Gasteiger partial charge in [-0.3, -0.25) is 14.3 Å². The van der Waals surface area contributed by atoms with Crippen LogP contribution in [-0.2, 0) is 31.8 Å². The van der Waals surface area contributed by atoms with Gasteiger partial charge < -0.3 is 4.90 Å². The first-order valence-corrected chi connectivity index (χ1v) is 11.4. The van der Waals surface area contributed by atoms with Gasteiger partial charge in [0.2, 0.25) is 15.9 Å².